The molecule has 4 heterocycles. The highest BCUT2D eigenvalue weighted by Crippen LogP contribution is 2.21. The van der Waals surface area contributed by atoms with Crippen molar-refractivity contribution in [3.63, 3.8) is 0 Å². The monoisotopic (exact) mass is 385 g/mol. The first-order valence-electron chi connectivity index (χ1n) is 9.34. The van der Waals surface area contributed by atoms with Crippen molar-refractivity contribution in [2.24, 2.45) is 0 Å². The van der Waals surface area contributed by atoms with Crippen molar-refractivity contribution >= 4 is 17.7 Å². The zero-order valence-electron chi connectivity index (χ0n) is 15.1. The summed E-state index contributed by atoms with van der Waals surface area (Å²) in [6.07, 6.45) is 4.94. The number of hydrogen-bond donors (Lipinski definition) is 1. The minimum absolute atomic E-state index is 0.0995. The molecule has 2 fully saturated rings. The Labute approximate surface area is 162 Å². The van der Waals surface area contributed by atoms with E-state index in [2.05, 4.69) is 19.9 Å². The van der Waals surface area contributed by atoms with Crippen molar-refractivity contribution in [3.05, 3.63) is 46.5 Å². The topological polar surface area (TPSA) is 82.2 Å². The maximum Gasteiger partial charge on any atom is 0.264 e. The molecule has 142 valence electrons. The van der Waals surface area contributed by atoms with Gasteiger partial charge >= 0.3 is 0 Å². The Hall–Kier alpha value is -2.19. The van der Waals surface area contributed by atoms with Crippen LogP contribution in [0.3, 0.4) is 0 Å². The van der Waals surface area contributed by atoms with E-state index < -0.39 is 5.56 Å². The number of aromatic nitrogens is 3. The van der Waals surface area contributed by atoms with Crippen molar-refractivity contribution in [1.82, 2.24) is 24.8 Å². The number of nitrogens with zero attached hydrogens (tertiary/aromatic N) is 4. The minimum Gasteiger partial charge on any atom is -0.338 e. The van der Waals surface area contributed by atoms with Gasteiger partial charge in [0.15, 0.2) is 5.82 Å². The fourth-order valence-electron chi connectivity index (χ4n) is 3.73. The average molecular weight is 385 g/mol. The highest BCUT2D eigenvalue weighted by atomic mass is 32.2. The smallest absolute Gasteiger partial charge is 0.264 e. The molecule has 4 rings (SSSR count). The van der Waals surface area contributed by atoms with Gasteiger partial charge in [-0.25, -0.2) is 4.98 Å². The summed E-state index contributed by atoms with van der Waals surface area (Å²) in [6, 6.07) is 5.94. The van der Waals surface area contributed by atoms with E-state index in [0.29, 0.717) is 30.6 Å². The third kappa shape index (κ3) is 4.06. The molecule has 8 heteroatoms. The van der Waals surface area contributed by atoms with E-state index in [1.54, 1.807) is 23.2 Å². The molecule has 2 aliphatic heterocycles. The molecule has 0 radical (unpaired) electrons. The van der Waals surface area contributed by atoms with Crippen molar-refractivity contribution in [2.75, 3.05) is 37.7 Å². The van der Waals surface area contributed by atoms with E-state index in [0.717, 1.165) is 25.9 Å². The Bertz CT molecular complexity index is 843. The Morgan fingerprint density at radius 2 is 1.89 bits per heavy atom. The van der Waals surface area contributed by atoms with Crippen molar-refractivity contribution < 1.29 is 4.79 Å². The number of carbonyl (C=O) groups is 1. The lowest BCUT2D eigenvalue weighted by Crippen LogP contribution is -2.49. The summed E-state index contributed by atoms with van der Waals surface area (Å²) in [5, 5.41) is 0. The number of aromatic amines is 1. The van der Waals surface area contributed by atoms with E-state index in [1.165, 1.54) is 17.7 Å². The number of piperidine rings is 1. The molecule has 0 aliphatic carbocycles. The molecule has 0 bridgehead atoms. The van der Waals surface area contributed by atoms with Crippen LogP contribution < -0.4 is 5.56 Å². The normalized spacial score (nSPS) is 19.2. The molecule has 0 aromatic carbocycles. The molecule has 1 N–H and O–H groups in total. The maximum atomic E-state index is 12.8. The zero-order valence-corrected chi connectivity index (χ0v) is 16.0. The van der Waals surface area contributed by atoms with Gasteiger partial charge in [-0.2, -0.15) is 11.8 Å². The number of amides is 1. The third-order valence-electron chi connectivity index (χ3n) is 5.25. The van der Waals surface area contributed by atoms with Crippen LogP contribution in [0.15, 0.2) is 35.4 Å². The fourth-order valence-corrected chi connectivity index (χ4v) is 4.66. The first-order valence-corrected chi connectivity index (χ1v) is 10.5. The Balaban J connectivity index is 1.42. The summed E-state index contributed by atoms with van der Waals surface area (Å²) in [7, 11) is 0. The van der Waals surface area contributed by atoms with Gasteiger partial charge in [-0.05, 0) is 25.0 Å². The molecular weight excluding hydrogens is 362 g/mol. The third-order valence-corrected chi connectivity index (χ3v) is 6.19. The van der Waals surface area contributed by atoms with Gasteiger partial charge in [0, 0.05) is 56.1 Å². The summed E-state index contributed by atoms with van der Waals surface area (Å²) < 4.78 is 0. The Morgan fingerprint density at radius 1 is 1.11 bits per heavy atom. The van der Waals surface area contributed by atoms with E-state index in [9.17, 15) is 9.59 Å². The van der Waals surface area contributed by atoms with Gasteiger partial charge in [0.2, 0.25) is 0 Å². The predicted molar refractivity (Wildman–Crippen MR) is 106 cm³/mol. The molecule has 2 saturated heterocycles. The molecule has 2 aliphatic rings. The summed E-state index contributed by atoms with van der Waals surface area (Å²) in [5.74, 6) is 2.54. The molecule has 27 heavy (non-hydrogen) atoms. The summed E-state index contributed by atoms with van der Waals surface area (Å²) in [5.41, 5.74) is 0.266. The highest BCUT2D eigenvalue weighted by Gasteiger charge is 2.29. The standard InChI is InChI=1S/C19H23N5O2S/c25-18-15(13-21-17(22-18)16-3-1-2-6-20-16)19(26)24-7-4-14(5-8-24)23-9-11-27-12-10-23/h1-3,6,13-14H,4-5,7-12H2,(H,21,22,25). The minimum atomic E-state index is -0.411. The molecule has 1 amide bonds. The average Bonchev–Trinajstić information content (AvgIpc) is 2.74. The second kappa shape index (κ2) is 8.22. The second-order valence-corrected chi connectivity index (χ2v) is 8.09. The van der Waals surface area contributed by atoms with Gasteiger partial charge in [-0.15, -0.1) is 0 Å². The molecule has 0 atom stereocenters. The summed E-state index contributed by atoms with van der Waals surface area (Å²) in [6.45, 7) is 3.66. The number of rotatable bonds is 3. The largest absolute Gasteiger partial charge is 0.338 e. The molecular formula is C19H23N5O2S. The van der Waals surface area contributed by atoms with Gasteiger partial charge < -0.3 is 9.88 Å². The van der Waals surface area contributed by atoms with Crippen LogP contribution in [-0.2, 0) is 0 Å². The van der Waals surface area contributed by atoms with Crippen molar-refractivity contribution in [1.29, 1.82) is 0 Å². The number of likely N-dealkylation sites (tertiary alicyclic amines) is 1. The van der Waals surface area contributed by atoms with Crippen LogP contribution in [0.5, 0.6) is 0 Å². The van der Waals surface area contributed by atoms with Crippen molar-refractivity contribution in [3.8, 4) is 11.5 Å². The first-order chi connectivity index (χ1) is 13.2. The van der Waals surface area contributed by atoms with Gasteiger partial charge in [0.1, 0.15) is 11.3 Å². The number of carbonyl (C=O) groups excluding carboxylic acids is 1. The predicted octanol–water partition coefficient (Wildman–Crippen LogP) is 1.49. The van der Waals surface area contributed by atoms with Crippen LogP contribution in [0.25, 0.3) is 11.5 Å². The molecule has 0 unspecified atom stereocenters. The number of nitrogens with one attached hydrogen (secondary N) is 1. The molecule has 7 nitrogen and oxygen atoms in total. The van der Waals surface area contributed by atoms with Crippen LogP contribution in [-0.4, -0.2) is 74.4 Å². The molecule has 0 saturated carbocycles. The fraction of sp³-hybridized carbons (Fsp3) is 0.474. The number of pyridine rings is 1. The first kappa shape index (κ1) is 18.2. The van der Waals surface area contributed by atoms with Gasteiger partial charge in [0.05, 0.1) is 0 Å². The van der Waals surface area contributed by atoms with Crippen LogP contribution in [0, 0.1) is 0 Å². The lowest BCUT2D eigenvalue weighted by atomic mass is 10.0. The van der Waals surface area contributed by atoms with Gasteiger partial charge in [-0.1, -0.05) is 6.07 Å². The van der Waals surface area contributed by atoms with Crippen LogP contribution >= 0.6 is 11.8 Å². The quantitative estimate of drug-likeness (QED) is 0.862. The lowest BCUT2D eigenvalue weighted by Gasteiger charge is -2.40. The van der Waals surface area contributed by atoms with Crippen LogP contribution in [0.4, 0.5) is 0 Å². The van der Waals surface area contributed by atoms with Crippen LogP contribution in [0.2, 0.25) is 0 Å². The van der Waals surface area contributed by atoms with E-state index in [1.807, 2.05) is 17.8 Å². The van der Waals surface area contributed by atoms with E-state index in [4.69, 9.17) is 0 Å². The number of H-pyrrole nitrogens is 1. The second-order valence-electron chi connectivity index (χ2n) is 6.86. The molecule has 2 aromatic heterocycles. The maximum absolute atomic E-state index is 12.8. The number of hydrogen-bond acceptors (Lipinski definition) is 6. The Kier molecular flexibility index (Phi) is 5.54. The SMILES string of the molecule is O=C(c1cnc(-c2ccccn2)[nH]c1=O)N1CCC(N2CCSCC2)CC1. The number of thioether (sulfide) groups is 1. The van der Waals surface area contributed by atoms with E-state index >= 15 is 0 Å². The molecule has 0 spiro atoms. The zero-order chi connectivity index (χ0) is 18.6. The molecule has 2 aromatic rings. The van der Waals surface area contributed by atoms with Gasteiger partial charge in [0.25, 0.3) is 11.5 Å². The summed E-state index contributed by atoms with van der Waals surface area (Å²) >= 11 is 2.01. The highest BCUT2D eigenvalue weighted by molar-refractivity contribution is 7.99. The van der Waals surface area contributed by atoms with Gasteiger partial charge in [-0.3, -0.25) is 19.5 Å². The summed E-state index contributed by atoms with van der Waals surface area (Å²) in [4.78, 5) is 40.6. The lowest BCUT2D eigenvalue weighted by molar-refractivity contribution is 0.0629. The van der Waals surface area contributed by atoms with E-state index in [-0.39, 0.29) is 11.5 Å². The van der Waals surface area contributed by atoms with Crippen LogP contribution in [0.1, 0.15) is 23.2 Å². The van der Waals surface area contributed by atoms with Crippen molar-refractivity contribution in [2.45, 2.75) is 18.9 Å². The Morgan fingerprint density at radius 3 is 2.56 bits per heavy atom.